The van der Waals surface area contributed by atoms with Crippen LogP contribution in [0, 0.1) is 0 Å². The molecule has 4 aromatic rings. The zero-order valence-electron chi connectivity index (χ0n) is 21.0. The van der Waals surface area contributed by atoms with E-state index < -0.39 is 6.04 Å². The molecule has 1 unspecified atom stereocenters. The minimum Gasteiger partial charge on any atom is -0.497 e. The van der Waals surface area contributed by atoms with E-state index in [9.17, 15) is 4.79 Å². The second-order valence-corrected chi connectivity index (χ2v) is 8.61. The Morgan fingerprint density at radius 3 is 2.51 bits per heavy atom. The van der Waals surface area contributed by atoms with Crippen LogP contribution in [0.15, 0.2) is 89.1 Å². The fourth-order valence-corrected chi connectivity index (χ4v) is 4.40. The molecule has 188 valence electrons. The van der Waals surface area contributed by atoms with Crippen LogP contribution in [-0.4, -0.2) is 34.8 Å². The third-order valence-electron chi connectivity index (χ3n) is 6.29. The molecule has 3 aromatic carbocycles. The molecule has 8 heteroatoms. The van der Waals surface area contributed by atoms with Crippen LogP contribution in [-0.2, 0) is 6.54 Å². The summed E-state index contributed by atoms with van der Waals surface area (Å²) in [6.45, 7) is 4.85. The van der Waals surface area contributed by atoms with Crippen molar-refractivity contribution in [2.75, 3.05) is 13.7 Å². The van der Waals surface area contributed by atoms with Crippen LogP contribution in [0.4, 0.5) is 4.79 Å². The predicted octanol–water partition coefficient (Wildman–Crippen LogP) is 5.84. The predicted molar refractivity (Wildman–Crippen MR) is 140 cm³/mol. The van der Waals surface area contributed by atoms with Crippen LogP contribution < -0.4 is 14.8 Å². The lowest BCUT2D eigenvalue weighted by Gasteiger charge is -2.35. The van der Waals surface area contributed by atoms with E-state index in [4.69, 9.17) is 19.0 Å². The molecule has 1 aromatic heterocycles. The normalized spacial score (nSPS) is 15.5. The highest BCUT2D eigenvalue weighted by atomic mass is 16.5. The molecule has 37 heavy (non-hydrogen) atoms. The first-order valence-corrected chi connectivity index (χ1v) is 12.1. The standard InChI is InChI=1S/C29H28N4O4/c1-4-36-23-15-13-21(14-16-23)27-31-28(37-32-27)25-19(2)33(18-20-9-6-5-7-10-20)29(34)30-26(25)22-11-8-12-24(17-22)35-3/h5-17,26H,4,18H2,1-3H3,(H,30,34). The molecule has 0 bridgehead atoms. The Labute approximate surface area is 215 Å². The van der Waals surface area contributed by atoms with Gasteiger partial charge in [-0.3, -0.25) is 4.90 Å². The van der Waals surface area contributed by atoms with E-state index in [1.807, 2.05) is 92.7 Å². The number of allylic oxidation sites excluding steroid dienone is 1. The molecule has 2 amide bonds. The monoisotopic (exact) mass is 496 g/mol. The van der Waals surface area contributed by atoms with Crippen molar-refractivity contribution in [1.29, 1.82) is 0 Å². The maximum Gasteiger partial charge on any atom is 0.322 e. The molecular weight excluding hydrogens is 468 g/mol. The number of hydrogen-bond donors (Lipinski definition) is 1. The zero-order valence-corrected chi connectivity index (χ0v) is 21.0. The van der Waals surface area contributed by atoms with Crippen molar-refractivity contribution in [3.8, 4) is 22.9 Å². The van der Waals surface area contributed by atoms with Gasteiger partial charge in [-0.15, -0.1) is 0 Å². The first-order valence-electron chi connectivity index (χ1n) is 12.1. The number of carbonyl (C=O) groups is 1. The minimum absolute atomic E-state index is 0.204. The Kier molecular flexibility index (Phi) is 6.89. The first-order chi connectivity index (χ1) is 18.1. The highest BCUT2D eigenvalue weighted by Crippen LogP contribution is 2.38. The Hall–Kier alpha value is -4.59. The quantitative estimate of drug-likeness (QED) is 0.330. The number of hydrogen-bond acceptors (Lipinski definition) is 6. The molecule has 1 aliphatic rings. The Balaban J connectivity index is 1.56. The van der Waals surface area contributed by atoms with Crippen LogP contribution >= 0.6 is 0 Å². The number of nitrogens with one attached hydrogen (secondary N) is 1. The van der Waals surface area contributed by atoms with Crippen molar-refractivity contribution in [2.24, 2.45) is 0 Å². The zero-order chi connectivity index (χ0) is 25.8. The molecule has 1 aliphatic heterocycles. The number of aromatic nitrogens is 2. The fraction of sp³-hybridized carbons (Fsp3) is 0.207. The summed E-state index contributed by atoms with van der Waals surface area (Å²) in [4.78, 5) is 19.7. The van der Waals surface area contributed by atoms with E-state index in [1.165, 1.54) is 0 Å². The Bertz CT molecular complexity index is 1410. The van der Waals surface area contributed by atoms with Crippen molar-refractivity contribution >= 4 is 11.6 Å². The first kappa shape index (κ1) is 24.1. The summed E-state index contributed by atoms with van der Waals surface area (Å²) in [5.41, 5.74) is 4.13. The summed E-state index contributed by atoms with van der Waals surface area (Å²) >= 11 is 0. The van der Waals surface area contributed by atoms with Crippen LogP contribution in [0.2, 0.25) is 0 Å². The molecule has 2 heterocycles. The molecular formula is C29H28N4O4. The summed E-state index contributed by atoms with van der Waals surface area (Å²) in [6, 6.07) is 24.3. The molecule has 0 radical (unpaired) electrons. The van der Waals surface area contributed by atoms with Gasteiger partial charge in [-0.25, -0.2) is 4.79 Å². The molecule has 0 fully saturated rings. The second kappa shape index (κ2) is 10.6. The van der Waals surface area contributed by atoms with Crippen LogP contribution in [0.25, 0.3) is 17.0 Å². The number of urea groups is 1. The lowest BCUT2D eigenvalue weighted by atomic mass is 9.94. The van der Waals surface area contributed by atoms with Crippen LogP contribution in [0.1, 0.15) is 36.9 Å². The minimum atomic E-state index is -0.497. The number of amides is 2. The highest BCUT2D eigenvalue weighted by molar-refractivity contribution is 5.87. The fourth-order valence-electron chi connectivity index (χ4n) is 4.40. The molecule has 0 saturated heterocycles. The van der Waals surface area contributed by atoms with Gasteiger partial charge < -0.3 is 19.3 Å². The summed E-state index contributed by atoms with van der Waals surface area (Å²) < 4.78 is 16.8. The van der Waals surface area contributed by atoms with Gasteiger partial charge in [0.05, 0.1) is 31.9 Å². The van der Waals surface area contributed by atoms with Gasteiger partial charge in [0.15, 0.2) is 0 Å². The summed E-state index contributed by atoms with van der Waals surface area (Å²) in [6.07, 6.45) is 0. The van der Waals surface area contributed by atoms with Crippen molar-refractivity contribution in [3.05, 3.63) is 102 Å². The molecule has 5 rings (SSSR count). The number of carbonyl (C=O) groups excluding carboxylic acids is 1. The van der Waals surface area contributed by atoms with Gasteiger partial charge in [0.1, 0.15) is 11.5 Å². The van der Waals surface area contributed by atoms with E-state index in [1.54, 1.807) is 12.0 Å². The number of benzene rings is 3. The van der Waals surface area contributed by atoms with Crippen molar-refractivity contribution in [2.45, 2.75) is 26.4 Å². The average molecular weight is 497 g/mol. The van der Waals surface area contributed by atoms with Gasteiger partial charge >= 0.3 is 6.03 Å². The smallest absolute Gasteiger partial charge is 0.322 e. The third-order valence-corrected chi connectivity index (χ3v) is 6.29. The van der Waals surface area contributed by atoms with E-state index in [-0.39, 0.29) is 6.03 Å². The molecule has 0 spiro atoms. The Morgan fingerprint density at radius 1 is 1.00 bits per heavy atom. The third kappa shape index (κ3) is 5.04. The van der Waals surface area contributed by atoms with Crippen molar-refractivity contribution < 1.29 is 18.8 Å². The largest absolute Gasteiger partial charge is 0.497 e. The van der Waals surface area contributed by atoms with Crippen LogP contribution in [0.5, 0.6) is 11.5 Å². The second-order valence-electron chi connectivity index (χ2n) is 8.61. The van der Waals surface area contributed by atoms with Gasteiger partial charge in [-0.2, -0.15) is 4.98 Å². The van der Waals surface area contributed by atoms with Crippen LogP contribution in [0.3, 0.4) is 0 Å². The SMILES string of the molecule is CCOc1ccc(-c2noc(C3=C(C)N(Cc4ccccc4)C(=O)NC3c3cccc(OC)c3)n2)cc1. The van der Waals surface area contributed by atoms with E-state index >= 15 is 0 Å². The van der Waals surface area contributed by atoms with E-state index in [2.05, 4.69) is 10.5 Å². The summed E-state index contributed by atoms with van der Waals surface area (Å²) in [7, 11) is 1.61. The molecule has 0 saturated carbocycles. The highest BCUT2D eigenvalue weighted by Gasteiger charge is 2.36. The molecule has 1 N–H and O–H groups in total. The van der Waals surface area contributed by atoms with Gasteiger partial charge in [0.25, 0.3) is 5.89 Å². The lowest BCUT2D eigenvalue weighted by Crippen LogP contribution is -2.45. The van der Waals surface area contributed by atoms with E-state index in [0.29, 0.717) is 30.6 Å². The maximum absolute atomic E-state index is 13.3. The number of nitrogens with zero attached hydrogens (tertiary/aromatic N) is 3. The van der Waals surface area contributed by atoms with Crippen molar-refractivity contribution in [1.82, 2.24) is 20.4 Å². The number of rotatable bonds is 8. The number of methoxy groups -OCH3 is 1. The lowest BCUT2D eigenvalue weighted by molar-refractivity contribution is 0.203. The summed E-state index contributed by atoms with van der Waals surface area (Å²) in [5, 5.41) is 7.38. The topological polar surface area (TPSA) is 89.7 Å². The van der Waals surface area contributed by atoms with Gasteiger partial charge in [0.2, 0.25) is 5.82 Å². The molecule has 1 atom stereocenters. The van der Waals surface area contributed by atoms with E-state index in [0.717, 1.165) is 33.7 Å². The van der Waals surface area contributed by atoms with Gasteiger partial charge in [-0.1, -0.05) is 47.6 Å². The average Bonchev–Trinajstić information content (AvgIpc) is 3.41. The van der Waals surface area contributed by atoms with Crippen molar-refractivity contribution in [3.63, 3.8) is 0 Å². The number of ether oxygens (including phenoxy) is 2. The van der Waals surface area contributed by atoms with Gasteiger partial charge in [0, 0.05) is 11.3 Å². The maximum atomic E-state index is 13.3. The van der Waals surface area contributed by atoms with Gasteiger partial charge in [-0.05, 0) is 61.4 Å². The summed E-state index contributed by atoms with van der Waals surface area (Å²) in [5.74, 6) is 2.26. The molecule has 8 nitrogen and oxygen atoms in total. The Morgan fingerprint density at radius 2 is 1.78 bits per heavy atom. The molecule has 0 aliphatic carbocycles.